The lowest BCUT2D eigenvalue weighted by atomic mass is 10.1. The van der Waals surface area contributed by atoms with Crippen LogP contribution in [-0.4, -0.2) is 18.2 Å². The van der Waals surface area contributed by atoms with Crippen molar-refractivity contribution in [1.29, 1.82) is 5.26 Å². The van der Waals surface area contributed by atoms with Crippen LogP contribution in [0.4, 0.5) is 10.5 Å². The zero-order valence-electron chi connectivity index (χ0n) is 13.2. The molecular weight excluding hydrogens is 266 g/mol. The second-order valence-corrected chi connectivity index (χ2v) is 5.62. The first-order chi connectivity index (χ1) is 9.83. The summed E-state index contributed by atoms with van der Waals surface area (Å²) in [7, 11) is 0. The van der Waals surface area contributed by atoms with Crippen LogP contribution in [-0.2, 0) is 0 Å². The minimum atomic E-state index is -0.306. The van der Waals surface area contributed by atoms with Crippen LogP contribution in [0.5, 0.6) is 5.75 Å². The van der Waals surface area contributed by atoms with Crippen LogP contribution in [0, 0.1) is 17.2 Å². The quantitative estimate of drug-likeness (QED) is 0.871. The normalized spacial score (nSPS) is 11.9. The lowest BCUT2D eigenvalue weighted by Crippen LogP contribution is -2.39. The average Bonchev–Trinajstić information content (AvgIpc) is 2.39. The molecule has 114 valence electrons. The topological polar surface area (TPSA) is 74.1 Å². The summed E-state index contributed by atoms with van der Waals surface area (Å²) >= 11 is 0. The van der Waals surface area contributed by atoms with E-state index in [9.17, 15) is 4.79 Å². The van der Waals surface area contributed by atoms with E-state index in [-0.39, 0.29) is 18.2 Å². The molecule has 0 radical (unpaired) electrons. The molecule has 0 heterocycles. The highest BCUT2D eigenvalue weighted by Gasteiger charge is 2.14. The van der Waals surface area contributed by atoms with Crippen LogP contribution in [0.15, 0.2) is 18.2 Å². The van der Waals surface area contributed by atoms with Crippen LogP contribution in [0.3, 0.4) is 0 Å². The zero-order chi connectivity index (χ0) is 16.0. The number of carbonyl (C=O) groups excluding carboxylic acids is 1. The number of hydrogen-bond acceptors (Lipinski definition) is 3. The zero-order valence-corrected chi connectivity index (χ0v) is 13.2. The number of nitriles is 1. The molecule has 1 aromatic rings. The van der Waals surface area contributed by atoms with E-state index in [0.717, 1.165) is 0 Å². The maximum Gasteiger partial charge on any atom is 0.319 e. The summed E-state index contributed by atoms with van der Waals surface area (Å²) in [4.78, 5) is 12.0. The van der Waals surface area contributed by atoms with Gasteiger partial charge in [-0.1, -0.05) is 13.8 Å². The predicted molar refractivity (Wildman–Crippen MR) is 83.4 cm³/mol. The first kappa shape index (κ1) is 16.8. The Morgan fingerprint density at radius 2 is 1.90 bits per heavy atom. The fourth-order valence-electron chi connectivity index (χ4n) is 1.59. The summed E-state index contributed by atoms with van der Waals surface area (Å²) in [6.45, 7) is 9.83. The monoisotopic (exact) mass is 289 g/mol. The molecule has 0 fully saturated rings. The van der Waals surface area contributed by atoms with Crippen LogP contribution in [0.2, 0.25) is 0 Å². The van der Waals surface area contributed by atoms with Gasteiger partial charge in [0.15, 0.2) is 0 Å². The highest BCUT2D eigenvalue weighted by molar-refractivity contribution is 5.91. The van der Waals surface area contributed by atoms with Gasteiger partial charge in [-0.2, -0.15) is 5.26 Å². The van der Waals surface area contributed by atoms with Gasteiger partial charge < -0.3 is 15.4 Å². The fraction of sp³-hybridized carbons (Fsp3) is 0.500. The van der Waals surface area contributed by atoms with Crippen LogP contribution in [0.25, 0.3) is 0 Å². The van der Waals surface area contributed by atoms with Crippen LogP contribution < -0.4 is 15.4 Å². The fourth-order valence-corrected chi connectivity index (χ4v) is 1.59. The minimum absolute atomic E-state index is 0.0175. The maximum absolute atomic E-state index is 12.0. The van der Waals surface area contributed by atoms with Crippen molar-refractivity contribution >= 4 is 11.7 Å². The molecule has 1 aromatic carbocycles. The van der Waals surface area contributed by atoms with Gasteiger partial charge in [0.2, 0.25) is 0 Å². The molecule has 0 saturated heterocycles. The number of nitrogens with one attached hydrogen (secondary N) is 2. The van der Waals surface area contributed by atoms with E-state index < -0.39 is 0 Å². The molecule has 2 N–H and O–H groups in total. The van der Waals surface area contributed by atoms with Gasteiger partial charge >= 0.3 is 6.03 Å². The SMILES string of the molecule is CC(C)Oc1ccc(C#N)cc1NC(=O)N[C@@H](C)C(C)C. The second kappa shape index (κ2) is 7.53. The Morgan fingerprint density at radius 3 is 2.43 bits per heavy atom. The van der Waals surface area contributed by atoms with Crippen molar-refractivity contribution in [3.63, 3.8) is 0 Å². The van der Waals surface area contributed by atoms with Gasteiger partial charge in [0.25, 0.3) is 0 Å². The van der Waals surface area contributed by atoms with Gasteiger partial charge in [-0.05, 0) is 44.9 Å². The Labute approximate surface area is 126 Å². The summed E-state index contributed by atoms with van der Waals surface area (Å²) in [5.74, 6) is 0.893. The van der Waals surface area contributed by atoms with E-state index in [1.54, 1.807) is 18.2 Å². The molecule has 0 saturated carbocycles. The number of amides is 2. The Kier molecular flexibility index (Phi) is 6.04. The van der Waals surface area contributed by atoms with E-state index in [0.29, 0.717) is 22.9 Å². The van der Waals surface area contributed by atoms with E-state index >= 15 is 0 Å². The predicted octanol–water partition coefficient (Wildman–Crippen LogP) is 3.51. The Hall–Kier alpha value is -2.22. The summed E-state index contributed by atoms with van der Waals surface area (Å²) in [6.07, 6.45) is -0.0175. The number of urea groups is 1. The van der Waals surface area contributed by atoms with E-state index in [1.807, 2.05) is 34.6 Å². The molecule has 0 bridgehead atoms. The van der Waals surface area contributed by atoms with E-state index in [1.165, 1.54) is 0 Å². The van der Waals surface area contributed by atoms with Crippen LogP contribution >= 0.6 is 0 Å². The first-order valence-corrected chi connectivity index (χ1v) is 7.11. The van der Waals surface area contributed by atoms with Crippen molar-refractivity contribution in [2.75, 3.05) is 5.32 Å². The standard InChI is InChI=1S/C16H23N3O2/c1-10(2)12(5)18-16(20)19-14-8-13(9-17)6-7-15(14)21-11(3)4/h6-8,10-12H,1-5H3,(H2,18,19,20)/t12-/m0/s1. The number of hydrogen-bond donors (Lipinski definition) is 2. The van der Waals surface area contributed by atoms with Gasteiger partial charge in [0.1, 0.15) is 5.75 Å². The molecule has 5 nitrogen and oxygen atoms in total. The third-order valence-electron chi connectivity index (χ3n) is 3.08. The molecule has 1 atom stereocenters. The molecule has 1 rings (SSSR count). The number of benzene rings is 1. The van der Waals surface area contributed by atoms with Crippen molar-refractivity contribution in [1.82, 2.24) is 5.32 Å². The molecule has 0 spiro atoms. The first-order valence-electron chi connectivity index (χ1n) is 7.11. The lowest BCUT2D eigenvalue weighted by Gasteiger charge is -2.19. The van der Waals surface area contributed by atoms with Crippen molar-refractivity contribution < 1.29 is 9.53 Å². The largest absolute Gasteiger partial charge is 0.489 e. The number of rotatable bonds is 5. The number of ether oxygens (including phenoxy) is 1. The third kappa shape index (κ3) is 5.35. The summed E-state index contributed by atoms with van der Waals surface area (Å²) in [5, 5.41) is 14.6. The molecule has 5 heteroatoms. The summed E-state index contributed by atoms with van der Waals surface area (Å²) in [5.41, 5.74) is 0.967. The highest BCUT2D eigenvalue weighted by Crippen LogP contribution is 2.26. The summed E-state index contributed by atoms with van der Waals surface area (Å²) < 4.78 is 5.65. The maximum atomic E-state index is 12.0. The van der Waals surface area contributed by atoms with Gasteiger partial charge in [-0.25, -0.2) is 4.79 Å². The van der Waals surface area contributed by atoms with Gasteiger partial charge in [0, 0.05) is 6.04 Å². The molecule has 0 aliphatic rings. The molecule has 0 aliphatic carbocycles. The number of nitrogens with zero attached hydrogens (tertiary/aromatic N) is 1. The smallest absolute Gasteiger partial charge is 0.319 e. The molecule has 0 aromatic heterocycles. The molecule has 0 unspecified atom stereocenters. The van der Waals surface area contributed by atoms with Gasteiger partial charge in [-0.15, -0.1) is 0 Å². The Balaban J connectivity index is 2.89. The van der Waals surface area contributed by atoms with Crippen molar-refractivity contribution in [2.45, 2.75) is 46.8 Å². The van der Waals surface area contributed by atoms with Crippen molar-refractivity contribution in [3.8, 4) is 11.8 Å². The minimum Gasteiger partial charge on any atom is -0.489 e. The lowest BCUT2D eigenvalue weighted by molar-refractivity contribution is 0.240. The van der Waals surface area contributed by atoms with Crippen LogP contribution in [0.1, 0.15) is 40.2 Å². The van der Waals surface area contributed by atoms with Crippen molar-refractivity contribution in [3.05, 3.63) is 23.8 Å². The third-order valence-corrected chi connectivity index (χ3v) is 3.08. The molecule has 0 aliphatic heterocycles. The molecule has 2 amide bonds. The van der Waals surface area contributed by atoms with Crippen molar-refractivity contribution in [2.24, 2.45) is 5.92 Å². The molecular formula is C16H23N3O2. The average molecular weight is 289 g/mol. The van der Waals surface area contributed by atoms with E-state index in [2.05, 4.69) is 16.7 Å². The Bertz CT molecular complexity index is 533. The highest BCUT2D eigenvalue weighted by atomic mass is 16.5. The van der Waals surface area contributed by atoms with Gasteiger partial charge in [-0.3, -0.25) is 0 Å². The second-order valence-electron chi connectivity index (χ2n) is 5.62. The van der Waals surface area contributed by atoms with E-state index in [4.69, 9.17) is 10.00 Å². The number of anilines is 1. The molecule has 21 heavy (non-hydrogen) atoms. The van der Waals surface area contributed by atoms with Gasteiger partial charge in [0.05, 0.1) is 23.4 Å². The Morgan fingerprint density at radius 1 is 1.24 bits per heavy atom. The number of carbonyl (C=O) groups is 1. The summed E-state index contributed by atoms with van der Waals surface area (Å²) in [6, 6.07) is 6.77.